The second-order valence-electron chi connectivity index (χ2n) is 16.2. The van der Waals surface area contributed by atoms with Gasteiger partial charge in [-0.05, 0) is 129 Å². The molecule has 1 aromatic heterocycles. The van der Waals surface area contributed by atoms with E-state index in [1.165, 1.54) is 94.2 Å². The average molecular weight is 720 g/mol. The molecule has 0 N–H and O–H groups in total. The highest BCUT2D eigenvalue weighted by Gasteiger charge is 2.43. The molecule has 3 nitrogen and oxygen atoms in total. The number of para-hydroxylation sites is 2. The summed E-state index contributed by atoms with van der Waals surface area (Å²) in [4.78, 5) is 4.98. The largest absolute Gasteiger partial charge is 0.311 e. The van der Waals surface area contributed by atoms with Crippen molar-refractivity contribution in [1.29, 1.82) is 0 Å². The van der Waals surface area contributed by atoms with Gasteiger partial charge in [-0.2, -0.15) is 0 Å². The number of hydrogen-bond donors (Lipinski definition) is 0. The van der Waals surface area contributed by atoms with Crippen LogP contribution in [0.3, 0.4) is 0 Å². The highest BCUT2D eigenvalue weighted by atomic mass is 15.2. The summed E-state index contributed by atoms with van der Waals surface area (Å²) in [5.74, 6) is 0.907. The Kier molecular flexibility index (Phi) is 7.34. The van der Waals surface area contributed by atoms with E-state index in [2.05, 4.69) is 212 Å². The van der Waals surface area contributed by atoms with Crippen LogP contribution in [0.5, 0.6) is 0 Å². The van der Waals surface area contributed by atoms with Crippen molar-refractivity contribution in [1.82, 2.24) is 4.57 Å². The fourth-order valence-electron chi connectivity index (χ4n) is 9.51. The van der Waals surface area contributed by atoms with Crippen LogP contribution in [-0.2, 0) is 0 Å². The number of rotatable bonds is 5. The lowest BCUT2D eigenvalue weighted by Crippen LogP contribution is -2.61. The summed E-state index contributed by atoms with van der Waals surface area (Å²) in [6.07, 6.45) is 0. The smallest absolute Gasteiger partial charge is 0.252 e. The maximum atomic E-state index is 2.50. The van der Waals surface area contributed by atoms with Crippen molar-refractivity contribution in [2.24, 2.45) is 0 Å². The Hall–Kier alpha value is -6.52. The van der Waals surface area contributed by atoms with Crippen LogP contribution in [0.2, 0.25) is 0 Å². The minimum atomic E-state index is 0.0680. The third-order valence-corrected chi connectivity index (χ3v) is 12.3. The predicted molar refractivity (Wildman–Crippen MR) is 240 cm³/mol. The number of aromatic nitrogens is 1. The molecule has 0 aliphatic carbocycles. The molecule has 9 aromatic rings. The standard InChI is InChI=1S/C52H42BN3/c1-33(2)36-22-27-46-42(30-36)43-31-37(34(3)4)23-28-47(43)55(46)41-25-26-45-51(32-41)54(39-15-6-5-7-16-39)49-19-12-20-50-52(49)53(45)44-17-10-11-18-48(44)56(50)40-24-21-35-13-8-9-14-38(35)29-40/h5-34H,1-4H3. The molecule has 2 aliphatic heterocycles. The predicted octanol–water partition coefficient (Wildman–Crippen LogP) is 12.3. The summed E-state index contributed by atoms with van der Waals surface area (Å²) in [5, 5.41) is 5.12. The lowest BCUT2D eigenvalue weighted by molar-refractivity contribution is 0.868. The van der Waals surface area contributed by atoms with Gasteiger partial charge in [0.15, 0.2) is 0 Å². The molecule has 268 valence electrons. The summed E-state index contributed by atoms with van der Waals surface area (Å²) < 4.78 is 2.49. The molecule has 0 saturated carbocycles. The number of nitrogens with zero attached hydrogens (tertiary/aromatic N) is 3. The second-order valence-corrected chi connectivity index (χ2v) is 16.2. The molecule has 0 saturated heterocycles. The van der Waals surface area contributed by atoms with Gasteiger partial charge in [-0.1, -0.05) is 119 Å². The van der Waals surface area contributed by atoms with Gasteiger partial charge in [-0.25, -0.2) is 0 Å². The minimum Gasteiger partial charge on any atom is -0.311 e. The Morgan fingerprint density at radius 1 is 0.393 bits per heavy atom. The lowest BCUT2D eigenvalue weighted by Gasteiger charge is -2.44. The third kappa shape index (κ3) is 4.85. The molecule has 56 heavy (non-hydrogen) atoms. The van der Waals surface area contributed by atoms with Gasteiger partial charge in [0.2, 0.25) is 0 Å². The second kappa shape index (κ2) is 12.5. The zero-order chi connectivity index (χ0) is 37.7. The van der Waals surface area contributed by atoms with E-state index in [-0.39, 0.29) is 6.71 Å². The average Bonchev–Trinajstić information content (AvgIpc) is 3.56. The van der Waals surface area contributed by atoms with E-state index in [1.54, 1.807) is 0 Å². The van der Waals surface area contributed by atoms with Crippen molar-refractivity contribution in [2.75, 3.05) is 9.80 Å². The van der Waals surface area contributed by atoms with Crippen molar-refractivity contribution < 1.29 is 0 Å². The molecule has 0 amide bonds. The molecule has 0 bridgehead atoms. The lowest BCUT2D eigenvalue weighted by atomic mass is 9.33. The monoisotopic (exact) mass is 719 g/mol. The van der Waals surface area contributed by atoms with Crippen LogP contribution in [0.4, 0.5) is 34.1 Å². The summed E-state index contributed by atoms with van der Waals surface area (Å²) >= 11 is 0. The molecule has 0 unspecified atom stereocenters. The van der Waals surface area contributed by atoms with Gasteiger partial charge in [0.1, 0.15) is 0 Å². The highest BCUT2D eigenvalue weighted by Crippen LogP contribution is 2.45. The molecule has 0 spiro atoms. The molecule has 0 atom stereocenters. The zero-order valence-corrected chi connectivity index (χ0v) is 32.2. The minimum absolute atomic E-state index is 0.0680. The number of anilines is 6. The van der Waals surface area contributed by atoms with Crippen LogP contribution >= 0.6 is 0 Å². The summed E-state index contributed by atoms with van der Waals surface area (Å²) in [5.41, 5.74) is 17.6. The first-order valence-electron chi connectivity index (χ1n) is 20.0. The van der Waals surface area contributed by atoms with Gasteiger partial charge < -0.3 is 14.4 Å². The molecule has 8 aromatic carbocycles. The van der Waals surface area contributed by atoms with Crippen LogP contribution < -0.4 is 26.2 Å². The van der Waals surface area contributed by atoms with Crippen LogP contribution in [0.1, 0.15) is 50.7 Å². The van der Waals surface area contributed by atoms with E-state index in [4.69, 9.17) is 0 Å². The Bertz CT molecular complexity index is 2950. The molecular weight excluding hydrogens is 677 g/mol. The third-order valence-electron chi connectivity index (χ3n) is 12.3. The maximum absolute atomic E-state index is 2.50. The first kappa shape index (κ1) is 32.9. The summed E-state index contributed by atoms with van der Waals surface area (Å²) in [6.45, 7) is 9.22. The van der Waals surface area contributed by atoms with Crippen molar-refractivity contribution in [2.45, 2.75) is 39.5 Å². The van der Waals surface area contributed by atoms with E-state index in [0.717, 1.165) is 5.69 Å². The maximum Gasteiger partial charge on any atom is 0.252 e. The first-order valence-corrected chi connectivity index (χ1v) is 20.0. The van der Waals surface area contributed by atoms with Crippen LogP contribution in [0, 0.1) is 0 Å². The van der Waals surface area contributed by atoms with Gasteiger partial charge in [0.25, 0.3) is 6.71 Å². The van der Waals surface area contributed by atoms with Gasteiger partial charge >= 0.3 is 0 Å². The fraction of sp³-hybridized carbons (Fsp3) is 0.115. The summed E-state index contributed by atoms with van der Waals surface area (Å²) in [6, 6.07) is 63.7. The fourth-order valence-corrected chi connectivity index (χ4v) is 9.51. The van der Waals surface area contributed by atoms with Gasteiger partial charge in [-0.15, -0.1) is 0 Å². The highest BCUT2D eigenvalue weighted by molar-refractivity contribution is 7.00. The molecular formula is C52H42BN3. The normalized spacial score (nSPS) is 13.2. The molecule has 4 heteroatoms. The van der Waals surface area contributed by atoms with E-state index in [0.29, 0.717) is 11.8 Å². The Morgan fingerprint density at radius 3 is 1.66 bits per heavy atom. The van der Waals surface area contributed by atoms with Crippen molar-refractivity contribution >= 4 is 89.8 Å². The molecule has 3 heterocycles. The number of fused-ring (bicyclic) bond motifs is 8. The van der Waals surface area contributed by atoms with Gasteiger partial charge in [0, 0.05) is 50.6 Å². The zero-order valence-electron chi connectivity index (χ0n) is 32.2. The molecule has 0 fully saturated rings. The molecule has 2 aliphatic rings. The topological polar surface area (TPSA) is 11.4 Å². The summed E-state index contributed by atoms with van der Waals surface area (Å²) in [7, 11) is 0. The Morgan fingerprint density at radius 2 is 0.964 bits per heavy atom. The first-order chi connectivity index (χ1) is 27.4. The van der Waals surface area contributed by atoms with Crippen molar-refractivity contribution in [3.8, 4) is 5.69 Å². The van der Waals surface area contributed by atoms with Gasteiger partial charge in [0.05, 0.1) is 11.0 Å². The van der Waals surface area contributed by atoms with Crippen LogP contribution in [-0.4, -0.2) is 11.3 Å². The SMILES string of the molecule is CC(C)c1ccc2c(c1)c1cc(C(C)C)ccc1n2-c1ccc2c(c1)N(c1ccccc1)c1cccc3c1B2c1ccccc1N3c1ccc2ccccc2c1. The molecule has 11 rings (SSSR count). The Balaban J connectivity index is 1.17. The number of hydrogen-bond acceptors (Lipinski definition) is 2. The van der Waals surface area contributed by atoms with E-state index >= 15 is 0 Å². The number of benzene rings is 8. The van der Waals surface area contributed by atoms with Crippen molar-refractivity contribution in [3.05, 3.63) is 181 Å². The van der Waals surface area contributed by atoms with Crippen LogP contribution in [0.25, 0.3) is 38.3 Å². The van der Waals surface area contributed by atoms with E-state index < -0.39 is 0 Å². The van der Waals surface area contributed by atoms with Crippen molar-refractivity contribution in [3.63, 3.8) is 0 Å². The molecule has 0 radical (unpaired) electrons. The van der Waals surface area contributed by atoms with E-state index in [1.807, 2.05) is 0 Å². The van der Waals surface area contributed by atoms with Crippen LogP contribution in [0.15, 0.2) is 170 Å². The quantitative estimate of drug-likeness (QED) is 0.164. The van der Waals surface area contributed by atoms with Gasteiger partial charge in [-0.3, -0.25) is 0 Å². The van der Waals surface area contributed by atoms with E-state index in [9.17, 15) is 0 Å². The Labute approximate surface area is 329 Å².